The van der Waals surface area contributed by atoms with E-state index in [1.165, 1.54) is 24.0 Å². The van der Waals surface area contributed by atoms with E-state index in [2.05, 4.69) is 50.8 Å². The minimum absolute atomic E-state index is 0.349. The molecule has 0 saturated heterocycles. The highest BCUT2D eigenvalue weighted by Gasteiger charge is 2.43. The molecule has 1 aromatic rings. The van der Waals surface area contributed by atoms with E-state index in [9.17, 15) is 0 Å². The van der Waals surface area contributed by atoms with Crippen molar-refractivity contribution in [1.82, 2.24) is 0 Å². The topological polar surface area (TPSA) is 0 Å². The summed E-state index contributed by atoms with van der Waals surface area (Å²) in [5, 5.41) is 0. The van der Waals surface area contributed by atoms with Crippen LogP contribution in [0.15, 0.2) is 42.5 Å². The van der Waals surface area contributed by atoms with Gasteiger partial charge >= 0.3 is 0 Å². The Morgan fingerprint density at radius 1 is 1.36 bits per heavy atom. The molecule has 0 amide bonds. The smallest absolute Gasteiger partial charge is 0.00530 e. The van der Waals surface area contributed by atoms with Gasteiger partial charge in [-0.3, -0.25) is 0 Å². The van der Waals surface area contributed by atoms with Crippen LogP contribution in [-0.4, -0.2) is 0 Å². The van der Waals surface area contributed by atoms with Gasteiger partial charge in [-0.1, -0.05) is 49.4 Å². The van der Waals surface area contributed by atoms with Gasteiger partial charge in [0.25, 0.3) is 0 Å². The highest BCUT2D eigenvalue weighted by atomic mass is 14.5. The van der Waals surface area contributed by atoms with E-state index >= 15 is 0 Å². The summed E-state index contributed by atoms with van der Waals surface area (Å²) >= 11 is 0. The van der Waals surface area contributed by atoms with Crippen LogP contribution in [0, 0.1) is 5.41 Å². The zero-order chi connectivity index (χ0) is 10.2. The van der Waals surface area contributed by atoms with Crippen LogP contribution in [0.25, 0.3) is 0 Å². The largest absolute Gasteiger partial charge is 0.0996 e. The highest BCUT2D eigenvalue weighted by molar-refractivity contribution is 5.30. The first-order valence-corrected chi connectivity index (χ1v) is 5.35. The van der Waals surface area contributed by atoms with E-state index in [4.69, 9.17) is 0 Å². The number of allylic oxidation sites excluding steroid dienone is 1. The third-order valence-corrected chi connectivity index (χ3v) is 3.90. The van der Waals surface area contributed by atoms with Gasteiger partial charge in [-0.2, -0.15) is 0 Å². The molecule has 0 heterocycles. The van der Waals surface area contributed by atoms with E-state index < -0.39 is 0 Å². The van der Waals surface area contributed by atoms with Gasteiger partial charge in [0.15, 0.2) is 0 Å². The first kappa shape index (κ1) is 9.51. The Morgan fingerprint density at radius 3 is 2.43 bits per heavy atom. The molecule has 0 nitrogen and oxygen atoms in total. The molecule has 1 aliphatic rings. The van der Waals surface area contributed by atoms with Gasteiger partial charge < -0.3 is 0 Å². The van der Waals surface area contributed by atoms with Crippen molar-refractivity contribution in [3.63, 3.8) is 0 Å². The maximum absolute atomic E-state index is 4.12. The summed E-state index contributed by atoms with van der Waals surface area (Å²) < 4.78 is 0. The van der Waals surface area contributed by atoms with Crippen molar-refractivity contribution in [3.05, 3.63) is 48.0 Å². The lowest BCUT2D eigenvalue weighted by molar-refractivity contribution is 0.162. The van der Waals surface area contributed by atoms with Gasteiger partial charge in [-0.05, 0) is 36.7 Å². The number of benzene rings is 1. The van der Waals surface area contributed by atoms with Crippen LogP contribution in [0.3, 0.4) is 0 Å². The Kier molecular flexibility index (Phi) is 2.22. The lowest BCUT2D eigenvalue weighted by atomic mass is 9.56. The maximum atomic E-state index is 4.12. The van der Waals surface area contributed by atoms with Crippen molar-refractivity contribution >= 4 is 0 Å². The van der Waals surface area contributed by atoms with Gasteiger partial charge in [0, 0.05) is 0 Å². The Hall–Kier alpha value is -1.04. The summed E-state index contributed by atoms with van der Waals surface area (Å²) in [7, 11) is 0. The molecule has 2 atom stereocenters. The molecule has 0 bridgehead atoms. The van der Waals surface area contributed by atoms with E-state index in [0.717, 1.165) is 0 Å². The normalized spacial score (nSPS) is 30.9. The van der Waals surface area contributed by atoms with Crippen molar-refractivity contribution in [3.8, 4) is 0 Å². The van der Waals surface area contributed by atoms with Crippen molar-refractivity contribution in [2.45, 2.75) is 32.6 Å². The summed E-state index contributed by atoms with van der Waals surface area (Å²) in [4.78, 5) is 0. The summed E-state index contributed by atoms with van der Waals surface area (Å²) in [6, 6.07) is 10.8. The molecule has 0 radical (unpaired) electrons. The number of rotatable bonds is 2. The average Bonchev–Trinajstić information content (AvgIpc) is 2.16. The van der Waals surface area contributed by atoms with Crippen molar-refractivity contribution < 1.29 is 0 Å². The number of hydrogen-bond donors (Lipinski definition) is 0. The Morgan fingerprint density at radius 2 is 2.00 bits per heavy atom. The van der Waals surface area contributed by atoms with Gasteiger partial charge in [-0.15, -0.1) is 0 Å². The predicted molar refractivity (Wildman–Crippen MR) is 61.3 cm³/mol. The fourth-order valence-electron chi connectivity index (χ4n) is 2.45. The Bertz CT molecular complexity index is 336. The molecule has 1 fully saturated rings. The monoisotopic (exact) mass is 186 g/mol. The zero-order valence-corrected chi connectivity index (χ0v) is 9.09. The minimum atomic E-state index is 0.349. The minimum Gasteiger partial charge on any atom is -0.0996 e. The SMILES string of the molecule is C=C(C)[C@@]1(C)CC[C@H]1c1ccccc1. The molecular weight excluding hydrogens is 168 g/mol. The fraction of sp³-hybridized carbons (Fsp3) is 0.429. The fourth-order valence-corrected chi connectivity index (χ4v) is 2.45. The molecule has 1 aliphatic carbocycles. The second-order valence-corrected chi connectivity index (χ2v) is 4.70. The summed E-state index contributed by atoms with van der Waals surface area (Å²) in [5.41, 5.74) is 3.16. The molecule has 1 aromatic carbocycles. The van der Waals surface area contributed by atoms with Crippen LogP contribution in [0.1, 0.15) is 38.2 Å². The van der Waals surface area contributed by atoms with E-state index in [-0.39, 0.29) is 0 Å². The summed E-state index contributed by atoms with van der Waals surface area (Å²) in [6.07, 6.45) is 2.61. The first-order valence-electron chi connectivity index (χ1n) is 5.35. The molecule has 0 aromatic heterocycles. The second-order valence-electron chi connectivity index (χ2n) is 4.70. The molecule has 0 aliphatic heterocycles. The molecule has 2 rings (SSSR count). The Labute approximate surface area is 86.7 Å². The second kappa shape index (κ2) is 3.27. The van der Waals surface area contributed by atoms with Crippen molar-refractivity contribution in [2.24, 2.45) is 5.41 Å². The van der Waals surface area contributed by atoms with Crippen molar-refractivity contribution in [2.75, 3.05) is 0 Å². The van der Waals surface area contributed by atoms with Crippen molar-refractivity contribution in [1.29, 1.82) is 0 Å². The Balaban J connectivity index is 2.26. The van der Waals surface area contributed by atoms with Gasteiger partial charge in [0.2, 0.25) is 0 Å². The predicted octanol–water partition coefficient (Wildman–Crippen LogP) is 4.15. The average molecular weight is 186 g/mol. The first-order chi connectivity index (χ1) is 6.64. The maximum Gasteiger partial charge on any atom is -0.00530 e. The molecule has 0 heteroatoms. The van der Waals surface area contributed by atoms with Crippen LogP contribution in [-0.2, 0) is 0 Å². The van der Waals surface area contributed by atoms with Crippen LogP contribution in [0.4, 0.5) is 0 Å². The van der Waals surface area contributed by atoms with E-state index in [0.29, 0.717) is 11.3 Å². The zero-order valence-electron chi connectivity index (χ0n) is 9.09. The van der Waals surface area contributed by atoms with Gasteiger partial charge in [0.05, 0.1) is 0 Å². The lowest BCUT2D eigenvalue weighted by Crippen LogP contribution is -2.36. The van der Waals surface area contributed by atoms with Crippen LogP contribution in [0.2, 0.25) is 0 Å². The summed E-state index contributed by atoms with van der Waals surface area (Å²) in [6.45, 7) is 8.63. The van der Waals surface area contributed by atoms with Crippen LogP contribution >= 0.6 is 0 Å². The van der Waals surface area contributed by atoms with Crippen LogP contribution < -0.4 is 0 Å². The van der Waals surface area contributed by atoms with Gasteiger partial charge in [-0.25, -0.2) is 0 Å². The molecule has 0 N–H and O–H groups in total. The van der Waals surface area contributed by atoms with Gasteiger partial charge in [0.1, 0.15) is 0 Å². The molecule has 74 valence electrons. The molecule has 14 heavy (non-hydrogen) atoms. The molecule has 0 unspecified atom stereocenters. The third kappa shape index (κ3) is 1.30. The third-order valence-electron chi connectivity index (χ3n) is 3.90. The summed E-state index contributed by atoms with van der Waals surface area (Å²) in [5.74, 6) is 0.696. The lowest BCUT2D eigenvalue weighted by Gasteiger charge is -2.48. The number of hydrogen-bond acceptors (Lipinski definition) is 0. The highest BCUT2D eigenvalue weighted by Crippen LogP contribution is 2.56. The standard InChI is InChI=1S/C14H18/c1-11(2)14(3)10-9-13(14)12-7-5-4-6-8-12/h4-8,13H,1,9-10H2,2-3H3/t13-,14+/m0/s1. The molecule has 1 saturated carbocycles. The van der Waals surface area contributed by atoms with E-state index in [1.54, 1.807) is 0 Å². The van der Waals surface area contributed by atoms with E-state index in [1.807, 2.05) is 0 Å². The van der Waals surface area contributed by atoms with Crippen LogP contribution in [0.5, 0.6) is 0 Å². The molecular formula is C14H18. The quantitative estimate of drug-likeness (QED) is 0.609. The molecule has 0 spiro atoms.